The highest BCUT2D eigenvalue weighted by Gasteiger charge is 2.49. The van der Waals surface area contributed by atoms with Crippen LogP contribution in [-0.2, 0) is 9.53 Å². The van der Waals surface area contributed by atoms with E-state index in [1.165, 1.54) is 32.1 Å². The van der Waals surface area contributed by atoms with Gasteiger partial charge in [-0.2, -0.15) is 0 Å². The molecule has 4 nitrogen and oxygen atoms in total. The van der Waals surface area contributed by atoms with E-state index < -0.39 is 12.1 Å². The minimum absolute atomic E-state index is 0.0815. The molecule has 4 fully saturated rings. The molecule has 4 aliphatic rings. The first-order valence-corrected chi connectivity index (χ1v) is 6.75. The van der Waals surface area contributed by atoms with Gasteiger partial charge in [-0.3, -0.25) is 0 Å². The summed E-state index contributed by atoms with van der Waals surface area (Å²) in [6.45, 7) is 0.0815. The molecular weight excluding hydrogens is 218 g/mol. The van der Waals surface area contributed by atoms with Crippen LogP contribution in [0.5, 0.6) is 0 Å². The van der Waals surface area contributed by atoms with Crippen molar-refractivity contribution in [3.63, 3.8) is 0 Å². The predicted octanol–water partition coefficient (Wildman–Crippen LogP) is 1.24. The van der Waals surface area contributed by atoms with Gasteiger partial charge >= 0.3 is 5.97 Å². The van der Waals surface area contributed by atoms with E-state index in [4.69, 9.17) is 15.6 Å². The summed E-state index contributed by atoms with van der Waals surface area (Å²) in [7, 11) is 0. The minimum Gasteiger partial charge on any atom is -0.479 e. The molecule has 0 spiro atoms. The Hall–Kier alpha value is -0.610. The lowest BCUT2D eigenvalue weighted by Gasteiger charge is -2.54. The van der Waals surface area contributed by atoms with Crippen molar-refractivity contribution in [3.05, 3.63) is 0 Å². The lowest BCUT2D eigenvalue weighted by molar-refractivity contribution is -0.175. The number of carbonyl (C=O) groups is 1. The molecule has 3 N–H and O–H groups in total. The Morgan fingerprint density at radius 3 is 2.12 bits per heavy atom. The molecule has 96 valence electrons. The zero-order valence-corrected chi connectivity index (χ0v) is 10.0. The van der Waals surface area contributed by atoms with Crippen molar-refractivity contribution in [3.8, 4) is 0 Å². The lowest BCUT2D eigenvalue weighted by Crippen LogP contribution is -2.52. The van der Waals surface area contributed by atoms with Gasteiger partial charge in [0, 0.05) is 6.54 Å². The third kappa shape index (κ3) is 1.97. The minimum atomic E-state index is -0.915. The highest BCUT2D eigenvalue weighted by molar-refractivity contribution is 5.72. The van der Waals surface area contributed by atoms with Crippen LogP contribution in [0, 0.1) is 23.7 Å². The first-order chi connectivity index (χ1) is 8.17. The number of carboxylic acids is 1. The number of carboxylic acid groups (broad SMARTS) is 1. The molecular formula is C13H21NO3. The average molecular weight is 239 g/mol. The van der Waals surface area contributed by atoms with Gasteiger partial charge in [-0.1, -0.05) is 0 Å². The number of ether oxygens (including phenoxy) is 1. The van der Waals surface area contributed by atoms with Crippen LogP contribution in [0.1, 0.15) is 32.1 Å². The van der Waals surface area contributed by atoms with E-state index in [1.807, 2.05) is 0 Å². The van der Waals surface area contributed by atoms with Crippen LogP contribution in [0.25, 0.3) is 0 Å². The molecule has 0 amide bonds. The molecule has 0 aliphatic heterocycles. The van der Waals surface area contributed by atoms with E-state index >= 15 is 0 Å². The first kappa shape index (κ1) is 11.5. The highest BCUT2D eigenvalue weighted by Crippen LogP contribution is 2.54. The number of hydrogen-bond donors (Lipinski definition) is 2. The maximum atomic E-state index is 11.0. The van der Waals surface area contributed by atoms with Crippen molar-refractivity contribution in [1.29, 1.82) is 0 Å². The van der Waals surface area contributed by atoms with Crippen LogP contribution >= 0.6 is 0 Å². The zero-order chi connectivity index (χ0) is 12.0. The van der Waals surface area contributed by atoms with Gasteiger partial charge in [0.05, 0.1) is 6.10 Å². The molecule has 0 radical (unpaired) electrons. The van der Waals surface area contributed by atoms with Crippen LogP contribution < -0.4 is 5.73 Å². The van der Waals surface area contributed by atoms with Crippen LogP contribution in [-0.4, -0.2) is 29.8 Å². The largest absolute Gasteiger partial charge is 0.479 e. The second-order valence-electron chi connectivity index (χ2n) is 6.09. The van der Waals surface area contributed by atoms with E-state index in [1.54, 1.807) is 0 Å². The summed E-state index contributed by atoms with van der Waals surface area (Å²) in [5, 5.41) is 9.02. The van der Waals surface area contributed by atoms with Gasteiger partial charge in [0.15, 0.2) is 6.10 Å². The van der Waals surface area contributed by atoms with Gasteiger partial charge in [-0.05, 0) is 55.8 Å². The van der Waals surface area contributed by atoms with Crippen LogP contribution in [0.3, 0.4) is 0 Å². The van der Waals surface area contributed by atoms with Crippen LogP contribution in [0.2, 0.25) is 0 Å². The molecule has 1 atom stereocenters. The molecule has 0 saturated heterocycles. The van der Waals surface area contributed by atoms with E-state index in [9.17, 15) is 4.79 Å². The van der Waals surface area contributed by atoms with Gasteiger partial charge in [0.2, 0.25) is 0 Å². The van der Waals surface area contributed by atoms with Crippen molar-refractivity contribution in [2.75, 3.05) is 6.54 Å². The quantitative estimate of drug-likeness (QED) is 0.774. The van der Waals surface area contributed by atoms with Crippen LogP contribution in [0.4, 0.5) is 0 Å². The number of nitrogens with two attached hydrogens (primary N) is 1. The third-order valence-electron chi connectivity index (χ3n) is 4.95. The molecule has 4 saturated carbocycles. The Labute approximate surface area is 102 Å². The summed E-state index contributed by atoms with van der Waals surface area (Å²) >= 11 is 0. The fraction of sp³-hybridized carbons (Fsp3) is 0.923. The summed E-state index contributed by atoms with van der Waals surface area (Å²) < 4.78 is 5.81. The average Bonchev–Trinajstić information content (AvgIpc) is 2.27. The maximum absolute atomic E-state index is 11.0. The summed E-state index contributed by atoms with van der Waals surface area (Å²) in [5.74, 6) is 2.05. The van der Waals surface area contributed by atoms with E-state index in [-0.39, 0.29) is 12.6 Å². The smallest absolute Gasteiger partial charge is 0.334 e. The Morgan fingerprint density at radius 2 is 1.71 bits per heavy atom. The predicted molar refractivity (Wildman–Crippen MR) is 62.4 cm³/mol. The van der Waals surface area contributed by atoms with Crippen molar-refractivity contribution < 1.29 is 14.6 Å². The van der Waals surface area contributed by atoms with Gasteiger partial charge in [-0.15, -0.1) is 0 Å². The molecule has 4 heteroatoms. The topological polar surface area (TPSA) is 72.5 Å². The standard InChI is InChI=1S/C13H21NO3/c14-6-11(13(15)16)17-12-9-2-7-1-8(4-9)5-10(12)3-7/h7-12H,1-6,14H2,(H,15,16). The summed E-state index contributed by atoms with van der Waals surface area (Å²) in [4.78, 5) is 11.0. The molecule has 0 aromatic rings. The van der Waals surface area contributed by atoms with E-state index in [2.05, 4.69) is 0 Å². The molecule has 4 bridgehead atoms. The van der Waals surface area contributed by atoms with E-state index in [0.29, 0.717) is 11.8 Å². The molecule has 0 aromatic carbocycles. The van der Waals surface area contributed by atoms with Crippen molar-refractivity contribution >= 4 is 5.97 Å². The third-order valence-corrected chi connectivity index (χ3v) is 4.95. The first-order valence-electron chi connectivity index (χ1n) is 6.75. The summed E-state index contributed by atoms with van der Waals surface area (Å²) in [6, 6.07) is 0. The van der Waals surface area contributed by atoms with Gasteiger partial charge in [0.25, 0.3) is 0 Å². The Balaban J connectivity index is 1.69. The fourth-order valence-corrected chi connectivity index (χ4v) is 4.50. The van der Waals surface area contributed by atoms with Crippen molar-refractivity contribution in [2.24, 2.45) is 29.4 Å². The molecule has 0 aromatic heterocycles. The van der Waals surface area contributed by atoms with Crippen LogP contribution in [0.15, 0.2) is 0 Å². The Bertz CT molecular complexity index is 290. The maximum Gasteiger partial charge on any atom is 0.334 e. The zero-order valence-electron chi connectivity index (χ0n) is 10.0. The Morgan fingerprint density at radius 1 is 1.18 bits per heavy atom. The second kappa shape index (κ2) is 4.25. The molecule has 17 heavy (non-hydrogen) atoms. The molecule has 1 unspecified atom stereocenters. The highest BCUT2D eigenvalue weighted by atomic mass is 16.5. The molecule has 0 heterocycles. The van der Waals surface area contributed by atoms with Gasteiger partial charge < -0.3 is 15.6 Å². The molecule has 4 rings (SSSR count). The SMILES string of the molecule is NCC(OC1C2CC3CC(C2)CC1C3)C(=O)O. The fourth-order valence-electron chi connectivity index (χ4n) is 4.50. The monoisotopic (exact) mass is 239 g/mol. The Kier molecular flexibility index (Phi) is 2.87. The normalized spacial score (nSPS) is 44.9. The molecule has 4 aliphatic carbocycles. The van der Waals surface area contributed by atoms with Gasteiger partial charge in [-0.25, -0.2) is 4.79 Å². The summed E-state index contributed by atoms with van der Waals surface area (Å²) in [5.41, 5.74) is 5.47. The number of aliphatic carboxylic acids is 1. The van der Waals surface area contributed by atoms with Crippen molar-refractivity contribution in [2.45, 2.75) is 44.3 Å². The van der Waals surface area contributed by atoms with E-state index in [0.717, 1.165) is 11.8 Å². The van der Waals surface area contributed by atoms with Gasteiger partial charge in [0.1, 0.15) is 0 Å². The number of rotatable bonds is 4. The lowest BCUT2D eigenvalue weighted by atomic mass is 9.55. The van der Waals surface area contributed by atoms with Crippen molar-refractivity contribution in [1.82, 2.24) is 0 Å². The second-order valence-corrected chi connectivity index (χ2v) is 6.09. The number of hydrogen-bond acceptors (Lipinski definition) is 3. The summed E-state index contributed by atoms with van der Waals surface area (Å²) in [6.07, 6.45) is 5.73.